The maximum absolute atomic E-state index is 11.5. The molecule has 1 saturated heterocycles. The van der Waals surface area contributed by atoms with E-state index in [1.54, 1.807) is 0 Å². The molecule has 0 aromatic carbocycles. The topological polar surface area (TPSA) is 91.8 Å². The van der Waals surface area contributed by atoms with E-state index in [9.17, 15) is 18.0 Å². The lowest BCUT2D eigenvalue weighted by Gasteiger charge is -2.43. The second-order valence-corrected chi connectivity index (χ2v) is 5.82. The monoisotopic (exact) mass is 231 g/mol. The molecule has 0 saturated carbocycles. The van der Waals surface area contributed by atoms with Gasteiger partial charge in [-0.25, -0.2) is 13.2 Å². The first-order chi connectivity index (χ1) is 6.84. The summed E-state index contributed by atoms with van der Waals surface area (Å²) in [6.07, 6.45) is -0.105. The molecule has 2 aliphatic rings. The molecule has 1 N–H and O–H groups in total. The molecule has 2 rings (SSSR count). The summed E-state index contributed by atoms with van der Waals surface area (Å²) in [7, 11) is -3.39. The van der Waals surface area contributed by atoms with Crippen LogP contribution in [0, 0.1) is 0 Å². The van der Waals surface area contributed by atoms with Crippen LogP contribution in [0.2, 0.25) is 0 Å². The number of carboxylic acid groups (broad SMARTS) is 1. The van der Waals surface area contributed by atoms with Crippen molar-refractivity contribution in [3.63, 3.8) is 0 Å². The highest BCUT2D eigenvalue weighted by atomic mass is 32.2. The van der Waals surface area contributed by atoms with Gasteiger partial charge in [0, 0.05) is 0 Å². The molecule has 0 aliphatic carbocycles. The summed E-state index contributed by atoms with van der Waals surface area (Å²) in [5.41, 5.74) is 0.0397. The standard InChI is InChI=1S/C8H9NO5S/c1-4-3-15(13,14)6-2-5(10)9(6)7(4)8(11)12/h6H,2-3H2,1H3,(H,11,12)/t6-/m1/s1. The smallest absolute Gasteiger partial charge is 0.352 e. The molecular weight excluding hydrogens is 222 g/mol. The first kappa shape index (κ1) is 10.2. The molecule has 0 aromatic heterocycles. The van der Waals surface area contributed by atoms with Gasteiger partial charge in [0.05, 0.1) is 12.2 Å². The SMILES string of the molecule is CC1=C(C(=O)O)N2C(=O)C[C@H]2S(=O)(=O)C1. The highest BCUT2D eigenvalue weighted by Crippen LogP contribution is 2.35. The van der Waals surface area contributed by atoms with Crippen LogP contribution in [0.25, 0.3) is 0 Å². The Morgan fingerprint density at radius 2 is 2.13 bits per heavy atom. The van der Waals surface area contributed by atoms with E-state index in [-0.39, 0.29) is 23.4 Å². The highest BCUT2D eigenvalue weighted by Gasteiger charge is 2.51. The van der Waals surface area contributed by atoms with Crippen molar-refractivity contribution in [1.29, 1.82) is 0 Å². The first-order valence-electron chi connectivity index (χ1n) is 4.31. The summed E-state index contributed by atoms with van der Waals surface area (Å²) in [4.78, 5) is 22.9. The molecule has 2 heterocycles. The Morgan fingerprint density at radius 3 is 2.60 bits per heavy atom. The number of nitrogens with zero attached hydrogens (tertiary/aromatic N) is 1. The molecule has 6 nitrogen and oxygen atoms in total. The third-order valence-electron chi connectivity index (χ3n) is 2.59. The average Bonchev–Trinajstić information content (AvgIpc) is 2.06. The quantitative estimate of drug-likeness (QED) is 0.604. The molecule has 1 fully saturated rings. The van der Waals surface area contributed by atoms with E-state index in [1.165, 1.54) is 6.92 Å². The largest absolute Gasteiger partial charge is 0.477 e. The second-order valence-electron chi connectivity index (χ2n) is 3.66. The van der Waals surface area contributed by atoms with Gasteiger partial charge in [0.15, 0.2) is 9.84 Å². The molecule has 0 aromatic rings. The Balaban J connectivity index is 2.55. The van der Waals surface area contributed by atoms with Crippen LogP contribution in [-0.2, 0) is 19.4 Å². The number of rotatable bonds is 1. The van der Waals surface area contributed by atoms with Crippen LogP contribution in [0.1, 0.15) is 13.3 Å². The van der Waals surface area contributed by atoms with Crippen molar-refractivity contribution in [2.45, 2.75) is 18.7 Å². The van der Waals surface area contributed by atoms with Crippen LogP contribution in [-0.4, -0.2) is 41.4 Å². The average molecular weight is 231 g/mol. The van der Waals surface area contributed by atoms with Crippen LogP contribution in [0.15, 0.2) is 11.3 Å². The van der Waals surface area contributed by atoms with E-state index < -0.39 is 27.1 Å². The molecule has 7 heteroatoms. The number of carbonyl (C=O) groups is 2. The third-order valence-corrected chi connectivity index (χ3v) is 4.63. The minimum Gasteiger partial charge on any atom is -0.477 e. The number of hydrogen-bond donors (Lipinski definition) is 1. The number of sulfone groups is 1. The van der Waals surface area contributed by atoms with Gasteiger partial charge >= 0.3 is 5.97 Å². The lowest BCUT2D eigenvalue weighted by molar-refractivity contribution is -0.146. The van der Waals surface area contributed by atoms with E-state index >= 15 is 0 Å². The number of carboxylic acids is 1. The lowest BCUT2D eigenvalue weighted by atomic mass is 10.1. The zero-order valence-electron chi connectivity index (χ0n) is 7.93. The molecular formula is C8H9NO5S. The van der Waals surface area contributed by atoms with E-state index in [1.807, 2.05) is 0 Å². The van der Waals surface area contributed by atoms with Crippen LogP contribution >= 0.6 is 0 Å². The van der Waals surface area contributed by atoms with Crippen molar-refractivity contribution in [1.82, 2.24) is 4.90 Å². The number of β-lactam (4-membered cyclic amide) rings is 1. The van der Waals surface area contributed by atoms with Crippen LogP contribution < -0.4 is 0 Å². The van der Waals surface area contributed by atoms with Crippen molar-refractivity contribution in [2.24, 2.45) is 0 Å². The van der Waals surface area contributed by atoms with E-state index in [4.69, 9.17) is 5.11 Å². The van der Waals surface area contributed by atoms with Gasteiger partial charge in [-0.3, -0.25) is 9.69 Å². The van der Waals surface area contributed by atoms with Crippen LogP contribution in [0.3, 0.4) is 0 Å². The normalized spacial score (nSPS) is 28.5. The van der Waals surface area contributed by atoms with Crippen molar-refractivity contribution in [3.05, 3.63) is 11.3 Å². The Labute approximate surface area is 86.1 Å². The minimum atomic E-state index is -3.39. The zero-order valence-corrected chi connectivity index (χ0v) is 8.74. The molecule has 1 atom stereocenters. The predicted octanol–water partition coefficient (Wildman–Crippen LogP) is -0.668. The van der Waals surface area contributed by atoms with Crippen LogP contribution in [0.4, 0.5) is 0 Å². The minimum absolute atomic E-state index is 0.105. The fourth-order valence-corrected chi connectivity index (χ4v) is 3.77. The fraction of sp³-hybridized carbons (Fsp3) is 0.500. The van der Waals surface area contributed by atoms with Gasteiger partial charge < -0.3 is 5.11 Å². The number of carbonyl (C=O) groups excluding carboxylic acids is 1. The van der Waals surface area contributed by atoms with Gasteiger partial charge in [-0.1, -0.05) is 0 Å². The molecule has 0 radical (unpaired) electrons. The van der Waals surface area contributed by atoms with Gasteiger partial charge in [0.2, 0.25) is 5.91 Å². The number of hydrogen-bond acceptors (Lipinski definition) is 4. The first-order valence-corrected chi connectivity index (χ1v) is 6.03. The summed E-state index contributed by atoms with van der Waals surface area (Å²) >= 11 is 0. The molecule has 1 amide bonds. The van der Waals surface area contributed by atoms with Crippen molar-refractivity contribution in [3.8, 4) is 0 Å². The fourth-order valence-electron chi connectivity index (χ4n) is 1.90. The summed E-state index contributed by atoms with van der Waals surface area (Å²) in [5, 5.41) is 7.91. The van der Waals surface area contributed by atoms with Gasteiger partial charge in [0.1, 0.15) is 11.1 Å². The van der Waals surface area contributed by atoms with Crippen LogP contribution in [0.5, 0.6) is 0 Å². The zero-order chi connectivity index (χ0) is 11.4. The summed E-state index contributed by atoms with van der Waals surface area (Å²) in [6, 6.07) is 0. The maximum atomic E-state index is 11.5. The maximum Gasteiger partial charge on any atom is 0.352 e. The lowest BCUT2D eigenvalue weighted by Crippen LogP contribution is -2.60. The molecule has 2 aliphatic heterocycles. The predicted molar refractivity (Wildman–Crippen MR) is 49.4 cm³/mol. The number of amides is 1. The van der Waals surface area contributed by atoms with Crippen molar-refractivity contribution in [2.75, 3.05) is 5.75 Å². The van der Waals surface area contributed by atoms with Crippen molar-refractivity contribution < 1.29 is 23.1 Å². The number of fused-ring (bicyclic) bond motifs is 1. The summed E-state index contributed by atoms with van der Waals surface area (Å²) < 4.78 is 23.1. The summed E-state index contributed by atoms with van der Waals surface area (Å²) in [6.45, 7) is 1.42. The summed E-state index contributed by atoms with van der Waals surface area (Å²) in [5.74, 6) is -1.97. The second kappa shape index (κ2) is 2.82. The Hall–Kier alpha value is -1.37. The highest BCUT2D eigenvalue weighted by molar-refractivity contribution is 7.92. The Kier molecular flexibility index (Phi) is 1.91. The Bertz CT molecular complexity index is 489. The Morgan fingerprint density at radius 1 is 1.53 bits per heavy atom. The van der Waals surface area contributed by atoms with E-state index in [0.717, 1.165) is 4.90 Å². The molecule has 0 spiro atoms. The molecule has 0 unspecified atom stereocenters. The third kappa shape index (κ3) is 1.26. The molecule has 15 heavy (non-hydrogen) atoms. The van der Waals surface area contributed by atoms with Gasteiger partial charge in [-0.2, -0.15) is 0 Å². The van der Waals surface area contributed by atoms with Gasteiger partial charge in [0.25, 0.3) is 0 Å². The van der Waals surface area contributed by atoms with Gasteiger partial charge in [-0.05, 0) is 12.5 Å². The van der Waals surface area contributed by atoms with E-state index in [0.29, 0.717) is 0 Å². The van der Waals surface area contributed by atoms with Gasteiger partial charge in [-0.15, -0.1) is 0 Å². The molecule has 0 bridgehead atoms. The number of aliphatic carboxylic acids is 1. The van der Waals surface area contributed by atoms with Crippen molar-refractivity contribution >= 4 is 21.7 Å². The molecule has 82 valence electrons. The van der Waals surface area contributed by atoms with E-state index in [2.05, 4.69) is 0 Å².